The molecule has 2 aromatic rings. The second-order valence-corrected chi connectivity index (χ2v) is 15.3. The van der Waals surface area contributed by atoms with Crippen molar-refractivity contribution in [1.82, 2.24) is 14.5 Å². The quantitative estimate of drug-likeness (QED) is 0.0312. The number of carbonyl (C=O) groups excluding carboxylic acids is 5. The van der Waals surface area contributed by atoms with E-state index in [0.717, 1.165) is 4.57 Å². The van der Waals surface area contributed by atoms with Crippen molar-refractivity contribution in [2.24, 2.45) is 17.8 Å². The minimum Gasteiger partial charge on any atom is -0.457 e. The molecule has 14 nitrogen and oxygen atoms in total. The summed E-state index contributed by atoms with van der Waals surface area (Å²) in [5.74, 6) is -4.48. The van der Waals surface area contributed by atoms with Crippen molar-refractivity contribution < 1.29 is 52.4 Å². The topological polar surface area (TPSA) is 162 Å². The molecule has 1 aromatic carbocycles. The summed E-state index contributed by atoms with van der Waals surface area (Å²) in [6, 6.07) is 8.40. The van der Waals surface area contributed by atoms with Crippen LogP contribution in [0.2, 0.25) is 0 Å². The summed E-state index contributed by atoms with van der Waals surface area (Å²) in [4.78, 5) is 74.0. The number of carbonyl (C=O) groups is 5. The standard InChI is InChI=1S/C44H63N3O11/c1-12-35(55-42-39(34(46(9)10)25-30(6)54-42)57-41(51)33-20-16-15-17-21-33)31(7)38(49)32(8)40(50)56-36(13-2)44(14-3,58-43(52)47-23-22-45-27-47)26-29(5)37(48)28(4)19-18-24-53-11/h14-17,20-23,26-28,30-32,34-36,39,42H,3,12-13,18-19,24-25H2,1-2,4-11H3/b29-26+/t28-,30?,31?,32?,34?,35+,36?,39-,42?,44+/m1/s1. The molecule has 0 aliphatic carbocycles. The molecule has 0 saturated carbocycles. The third kappa shape index (κ3) is 12.5. The Morgan fingerprint density at radius 3 is 2.34 bits per heavy atom. The van der Waals surface area contributed by atoms with Gasteiger partial charge in [-0.2, -0.15) is 0 Å². The molecule has 0 amide bonds. The van der Waals surface area contributed by atoms with Gasteiger partial charge in [0.15, 0.2) is 29.6 Å². The smallest absolute Gasteiger partial charge is 0.420 e. The SMILES string of the molecule is C=C[C@@](/C=C(\C)C(=O)[C@H](C)CCCOC)(OC(=O)n1ccnc1)C(CC)OC(=O)C(C)C(=O)C(C)[C@H](CC)OC1OC(C)CC(N(C)C)[C@H]1OC(=O)c1ccccc1. The number of aromatic nitrogens is 2. The predicted octanol–water partition coefficient (Wildman–Crippen LogP) is 6.62. The fourth-order valence-corrected chi connectivity index (χ4v) is 7.16. The van der Waals surface area contributed by atoms with Crippen molar-refractivity contribution in [3.63, 3.8) is 0 Å². The Morgan fingerprint density at radius 1 is 1.09 bits per heavy atom. The summed E-state index contributed by atoms with van der Waals surface area (Å²) in [6.07, 6.45) is 4.32. The molecular formula is C44H63N3O11. The average Bonchev–Trinajstić information content (AvgIpc) is 3.77. The summed E-state index contributed by atoms with van der Waals surface area (Å²) in [6.45, 7) is 16.5. The Bertz CT molecular complexity index is 1690. The van der Waals surface area contributed by atoms with E-state index in [1.54, 1.807) is 59.1 Å². The highest BCUT2D eigenvalue weighted by molar-refractivity contribution is 6.00. The molecule has 3 rings (SSSR count). The zero-order valence-electron chi connectivity index (χ0n) is 35.8. The number of ketones is 2. The Hall–Kier alpha value is -4.50. The van der Waals surface area contributed by atoms with Gasteiger partial charge in [-0.15, -0.1) is 0 Å². The van der Waals surface area contributed by atoms with Crippen LogP contribution < -0.4 is 0 Å². The number of methoxy groups -OCH3 is 1. The van der Waals surface area contributed by atoms with Crippen molar-refractivity contribution in [3.05, 3.63) is 78.9 Å². The molecule has 10 atom stereocenters. The Morgan fingerprint density at radius 2 is 1.78 bits per heavy atom. The predicted molar refractivity (Wildman–Crippen MR) is 217 cm³/mol. The van der Waals surface area contributed by atoms with Gasteiger partial charge in [0.05, 0.1) is 23.8 Å². The summed E-state index contributed by atoms with van der Waals surface area (Å²) in [5, 5.41) is 0. The van der Waals surface area contributed by atoms with Crippen molar-refractivity contribution in [1.29, 1.82) is 0 Å². The van der Waals surface area contributed by atoms with Gasteiger partial charge in [0, 0.05) is 37.9 Å². The molecule has 1 aromatic heterocycles. The summed E-state index contributed by atoms with van der Waals surface area (Å²) >= 11 is 0. The van der Waals surface area contributed by atoms with E-state index < -0.39 is 65.9 Å². The van der Waals surface area contributed by atoms with Crippen molar-refractivity contribution in [2.75, 3.05) is 27.8 Å². The molecule has 1 aliphatic rings. The van der Waals surface area contributed by atoms with Crippen molar-refractivity contribution in [3.8, 4) is 0 Å². The number of hydrogen-bond acceptors (Lipinski definition) is 13. The summed E-state index contributed by atoms with van der Waals surface area (Å²) in [5.41, 5.74) is -1.14. The van der Waals surface area contributed by atoms with E-state index in [1.165, 1.54) is 37.8 Å². The fourth-order valence-electron chi connectivity index (χ4n) is 7.16. The van der Waals surface area contributed by atoms with Gasteiger partial charge < -0.3 is 33.3 Å². The number of benzene rings is 1. The highest BCUT2D eigenvalue weighted by Crippen LogP contribution is 2.32. The lowest BCUT2D eigenvalue weighted by molar-refractivity contribution is -0.271. The molecule has 320 valence electrons. The number of likely N-dealkylation sites (N-methyl/N-ethyl adjacent to an activating group) is 1. The molecule has 0 N–H and O–H groups in total. The van der Waals surface area contributed by atoms with Crippen LogP contribution in [0.4, 0.5) is 4.79 Å². The normalized spacial score (nSPS) is 22.1. The zero-order chi connectivity index (χ0) is 43.2. The van der Waals surface area contributed by atoms with Gasteiger partial charge in [0.2, 0.25) is 0 Å². The van der Waals surface area contributed by atoms with E-state index in [1.807, 2.05) is 38.9 Å². The van der Waals surface area contributed by atoms with E-state index in [2.05, 4.69) is 11.6 Å². The number of Topliss-reactive ketones (excluding diaryl/α,β-unsaturated/α-hetero) is 2. The average molecular weight is 810 g/mol. The minimum absolute atomic E-state index is 0.126. The molecule has 14 heteroatoms. The van der Waals surface area contributed by atoms with Crippen LogP contribution in [-0.2, 0) is 42.8 Å². The number of allylic oxidation sites excluding steroid dienone is 1. The molecular weight excluding hydrogens is 746 g/mol. The lowest BCUT2D eigenvalue weighted by Gasteiger charge is -2.44. The van der Waals surface area contributed by atoms with E-state index in [-0.39, 0.29) is 35.8 Å². The molecule has 6 unspecified atom stereocenters. The molecule has 58 heavy (non-hydrogen) atoms. The van der Waals surface area contributed by atoms with Crippen LogP contribution in [-0.4, -0.2) is 114 Å². The van der Waals surface area contributed by atoms with Gasteiger partial charge in [0.1, 0.15) is 18.3 Å². The summed E-state index contributed by atoms with van der Waals surface area (Å²) < 4.78 is 37.0. The van der Waals surface area contributed by atoms with Crippen molar-refractivity contribution >= 4 is 29.6 Å². The first kappa shape index (κ1) is 47.9. The minimum atomic E-state index is -1.80. The van der Waals surface area contributed by atoms with Gasteiger partial charge in [-0.05, 0) is 96.8 Å². The van der Waals surface area contributed by atoms with Crippen LogP contribution in [0, 0.1) is 17.8 Å². The number of imidazole rings is 1. The third-order valence-corrected chi connectivity index (χ3v) is 10.7. The van der Waals surface area contributed by atoms with Crippen LogP contribution in [0.3, 0.4) is 0 Å². The maximum atomic E-state index is 14.1. The molecule has 0 bridgehead atoms. The third-order valence-electron chi connectivity index (χ3n) is 10.7. The highest BCUT2D eigenvalue weighted by Gasteiger charge is 2.46. The van der Waals surface area contributed by atoms with Gasteiger partial charge in [-0.25, -0.2) is 19.1 Å². The molecule has 0 spiro atoms. The summed E-state index contributed by atoms with van der Waals surface area (Å²) in [7, 11) is 5.38. The molecule has 1 saturated heterocycles. The largest absolute Gasteiger partial charge is 0.457 e. The number of ether oxygens (including phenoxy) is 6. The second kappa shape index (κ2) is 22.6. The van der Waals surface area contributed by atoms with Crippen LogP contribution >= 0.6 is 0 Å². The Kier molecular flexibility index (Phi) is 18.7. The lowest BCUT2D eigenvalue weighted by atomic mass is 9.87. The maximum Gasteiger partial charge on any atom is 0.420 e. The van der Waals surface area contributed by atoms with Gasteiger partial charge >= 0.3 is 18.0 Å². The van der Waals surface area contributed by atoms with E-state index in [0.29, 0.717) is 37.9 Å². The van der Waals surface area contributed by atoms with Gasteiger partial charge in [0.25, 0.3) is 0 Å². The number of hydrogen-bond donors (Lipinski definition) is 0. The van der Waals surface area contributed by atoms with Crippen LogP contribution in [0.5, 0.6) is 0 Å². The zero-order valence-corrected chi connectivity index (χ0v) is 35.8. The molecule has 0 radical (unpaired) electrons. The van der Waals surface area contributed by atoms with Crippen LogP contribution in [0.1, 0.15) is 90.9 Å². The lowest BCUT2D eigenvalue weighted by Crippen LogP contribution is -2.57. The number of nitrogens with zero attached hydrogens (tertiary/aromatic N) is 3. The molecule has 1 aliphatic heterocycles. The first-order valence-electron chi connectivity index (χ1n) is 20.1. The van der Waals surface area contributed by atoms with Crippen LogP contribution in [0.25, 0.3) is 0 Å². The second-order valence-electron chi connectivity index (χ2n) is 15.3. The van der Waals surface area contributed by atoms with Gasteiger partial charge in [-0.1, -0.05) is 52.5 Å². The van der Waals surface area contributed by atoms with E-state index >= 15 is 0 Å². The van der Waals surface area contributed by atoms with E-state index in [9.17, 15) is 24.0 Å². The monoisotopic (exact) mass is 809 g/mol. The van der Waals surface area contributed by atoms with Crippen LogP contribution in [0.15, 0.2) is 73.4 Å². The fraction of sp³-hybridized carbons (Fsp3) is 0.591. The molecule has 2 heterocycles. The highest BCUT2D eigenvalue weighted by atomic mass is 16.7. The number of esters is 2. The maximum absolute atomic E-state index is 14.1. The van der Waals surface area contributed by atoms with E-state index in [4.69, 9.17) is 28.4 Å². The molecule has 1 fully saturated rings. The van der Waals surface area contributed by atoms with Crippen molar-refractivity contribution in [2.45, 2.75) is 123 Å². The van der Waals surface area contributed by atoms with Gasteiger partial charge in [-0.3, -0.25) is 14.4 Å². The Labute approximate surface area is 343 Å². The first-order chi connectivity index (χ1) is 27.5. The Balaban J connectivity index is 1.86. The first-order valence-corrected chi connectivity index (χ1v) is 20.1. The number of rotatable bonds is 22.